The Hall–Kier alpha value is -1.39. The van der Waals surface area contributed by atoms with E-state index in [0.717, 1.165) is 24.1 Å². The summed E-state index contributed by atoms with van der Waals surface area (Å²) in [6, 6.07) is -0.404. The van der Waals surface area contributed by atoms with Gasteiger partial charge in [0.2, 0.25) is 0 Å². The van der Waals surface area contributed by atoms with Crippen molar-refractivity contribution in [3.05, 3.63) is 35.1 Å². The number of nitrogens with two attached hydrogens (primary N) is 3. The van der Waals surface area contributed by atoms with Gasteiger partial charge in [-0.3, -0.25) is 4.79 Å². The first-order valence-electron chi connectivity index (χ1n) is 5.93. The molecule has 90 valence electrons. The zero-order valence-electron chi connectivity index (χ0n) is 9.86. The zero-order valence-corrected chi connectivity index (χ0v) is 9.86. The topological polar surface area (TPSA) is 95.1 Å². The largest absolute Gasteiger partial charge is 0.401 e. The minimum atomic E-state index is -1.04. The van der Waals surface area contributed by atoms with Gasteiger partial charge in [0, 0.05) is 28.3 Å². The number of rotatable bonds is 1. The summed E-state index contributed by atoms with van der Waals surface area (Å²) in [5.74, 6) is -0.0563. The van der Waals surface area contributed by atoms with Crippen LogP contribution in [0.4, 0.5) is 0 Å². The summed E-state index contributed by atoms with van der Waals surface area (Å²) in [5.41, 5.74) is 19.4. The Morgan fingerprint density at radius 1 is 1.41 bits per heavy atom. The first-order valence-corrected chi connectivity index (χ1v) is 5.93. The third-order valence-electron chi connectivity index (χ3n) is 4.50. The van der Waals surface area contributed by atoms with Gasteiger partial charge in [0.15, 0.2) is 5.78 Å². The maximum Gasteiger partial charge on any atom is 0.185 e. The van der Waals surface area contributed by atoms with E-state index in [1.807, 2.05) is 12.2 Å². The molecule has 1 unspecified atom stereocenters. The number of Topliss-reactive ketones (excluding diaryl/α,β-unsaturated/α-hetero) is 1. The fourth-order valence-electron chi connectivity index (χ4n) is 3.22. The van der Waals surface area contributed by atoms with Crippen LogP contribution in [-0.2, 0) is 4.79 Å². The predicted octanol–water partition coefficient (Wildman–Crippen LogP) is 0.103. The van der Waals surface area contributed by atoms with Crippen molar-refractivity contribution >= 4 is 5.78 Å². The molecular formula is C13H17N3O. The zero-order chi connectivity index (χ0) is 12.4. The maximum absolute atomic E-state index is 12.6. The smallest absolute Gasteiger partial charge is 0.185 e. The van der Waals surface area contributed by atoms with Crippen LogP contribution in [-0.4, -0.2) is 17.4 Å². The highest BCUT2D eigenvalue weighted by Gasteiger charge is 2.67. The van der Waals surface area contributed by atoms with Gasteiger partial charge in [-0.25, -0.2) is 0 Å². The van der Waals surface area contributed by atoms with E-state index in [0.29, 0.717) is 5.57 Å². The number of allylic oxidation sites excluding steroid dienone is 4. The molecule has 6 N–H and O–H groups in total. The van der Waals surface area contributed by atoms with Gasteiger partial charge in [0.1, 0.15) is 5.54 Å². The fourth-order valence-corrected chi connectivity index (χ4v) is 3.22. The molecule has 3 aliphatic carbocycles. The second-order valence-electron chi connectivity index (χ2n) is 5.34. The van der Waals surface area contributed by atoms with Gasteiger partial charge < -0.3 is 17.2 Å². The second-order valence-corrected chi connectivity index (χ2v) is 5.34. The average molecular weight is 231 g/mol. The van der Waals surface area contributed by atoms with Crippen molar-refractivity contribution in [2.75, 3.05) is 0 Å². The molecule has 4 heteroatoms. The van der Waals surface area contributed by atoms with E-state index < -0.39 is 17.0 Å². The Labute approximate surface area is 100 Å². The monoisotopic (exact) mass is 231 g/mol. The number of fused-ring (bicyclic) bond motifs is 1. The molecule has 17 heavy (non-hydrogen) atoms. The molecular weight excluding hydrogens is 214 g/mol. The Morgan fingerprint density at radius 3 is 2.59 bits per heavy atom. The Morgan fingerprint density at radius 2 is 2.06 bits per heavy atom. The van der Waals surface area contributed by atoms with Crippen molar-refractivity contribution in [3.8, 4) is 0 Å². The highest BCUT2D eigenvalue weighted by molar-refractivity contribution is 6.11. The molecule has 1 fully saturated rings. The minimum absolute atomic E-state index is 0.0563. The van der Waals surface area contributed by atoms with E-state index in [2.05, 4.69) is 0 Å². The number of hydrogen-bond donors (Lipinski definition) is 3. The molecule has 0 saturated heterocycles. The highest BCUT2D eigenvalue weighted by atomic mass is 16.1. The molecule has 4 nitrogen and oxygen atoms in total. The van der Waals surface area contributed by atoms with Gasteiger partial charge in [0.25, 0.3) is 0 Å². The summed E-state index contributed by atoms with van der Waals surface area (Å²) < 4.78 is 0. The van der Waals surface area contributed by atoms with E-state index in [9.17, 15) is 4.79 Å². The fraction of sp³-hybridized carbons (Fsp3) is 0.462. The molecule has 0 bridgehead atoms. The Kier molecular flexibility index (Phi) is 1.83. The molecule has 0 aromatic rings. The van der Waals surface area contributed by atoms with Crippen LogP contribution in [0.1, 0.15) is 19.8 Å². The predicted molar refractivity (Wildman–Crippen MR) is 65.7 cm³/mol. The van der Waals surface area contributed by atoms with E-state index in [1.165, 1.54) is 0 Å². The van der Waals surface area contributed by atoms with Crippen molar-refractivity contribution in [1.82, 2.24) is 0 Å². The van der Waals surface area contributed by atoms with Crippen LogP contribution in [0.15, 0.2) is 35.1 Å². The molecule has 0 heterocycles. The SMILES string of the molecule is C[C@@H](N)C1(N)C(=O)C2=CC=CC2=C(N)C12CC2. The lowest BCUT2D eigenvalue weighted by atomic mass is 9.64. The van der Waals surface area contributed by atoms with Gasteiger partial charge in [0.05, 0.1) is 0 Å². The van der Waals surface area contributed by atoms with E-state index >= 15 is 0 Å². The van der Waals surface area contributed by atoms with Crippen LogP contribution in [0.5, 0.6) is 0 Å². The Balaban J connectivity index is 2.26. The van der Waals surface area contributed by atoms with Crippen LogP contribution in [0.25, 0.3) is 0 Å². The quantitative estimate of drug-likeness (QED) is 0.596. The Bertz CT molecular complexity index is 509. The maximum atomic E-state index is 12.6. The van der Waals surface area contributed by atoms with Crippen LogP contribution >= 0.6 is 0 Å². The molecule has 1 spiro atoms. The lowest BCUT2D eigenvalue weighted by Gasteiger charge is -2.44. The number of ketones is 1. The van der Waals surface area contributed by atoms with Crippen LogP contribution in [0, 0.1) is 5.41 Å². The molecule has 3 aliphatic rings. The first-order chi connectivity index (χ1) is 7.95. The number of carbonyl (C=O) groups excluding carboxylic acids is 1. The molecule has 0 aromatic carbocycles. The van der Waals surface area contributed by atoms with Crippen LogP contribution < -0.4 is 17.2 Å². The highest BCUT2D eigenvalue weighted by Crippen LogP contribution is 2.62. The third-order valence-corrected chi connectivity index (χ3v) is 4.50. The van der Waals surface area contributed by atoms with Gasteiger partial charge in [-0.15, -0.1) is 0 Å². The molecule has 0 aliphatic heterocycles. The summed E-state index contributed by atoms with van der Waals surface area (Å²) in [4.78, 5) is 12.6. The van der Waals surface area contributed by atoms with Crippen molar-refractivity contribution in [1.29, 1.82) is 0 Å². The van der Waals surface area contributed by atoms with Crippen molar-refractivity contribution in [2.45, 2.75) is 31.3 Å². The van der Waals surface area contributed by atoms with Crippen molar-refractivity contribution < 1.29 is 4.79 Å². The van der Waals surface area contributed by atoms with Crippen LogP contribution in [0.2, 0.25) is 0 Å². The molecule has 3 rings (SSSR count). The standard InChI is InChI=1S/C13H17N3O/c1-7(14)13(16)11(17)9-4-2-3-8(9)10(15)12(13)5-6-12/h2-4,7H,5-6,14-16H2,1H3/t7-,13?/m1/s1. The van der Waals surface area contributed by atoms with E-state index in [4.69, 9.17) is 17.2 Å². The number of carbonyl (C=O) groups is 1. The summed E-state index contributed by atoms with van der Waals surface area (Å²) in [6.07, 6.45) is 7.23. The third kappa shape index (κ3) is 0.983. The summed E-state index contributed by atoms with van der Waals surface area (Å²) >= 11 is 0. The molecule has 1 saturated carbocycles. The normalized spacial score (nSPS) is 35.0. The second kappa shape index (κ2) is 2.89. The summed E-state index contributed by atoms with van der Waals surface area (Å²) in [7, 11) is 0. The number of hydrogen-bond acceptors (Lipinski definition) is 4. The van der Waals surface area contributed by atoms with Crippen LogP contribution in [0.3, 0.4) is 0 Å². The van der Waals surface area contributed by atoms with Gasteiger partial charge in [-0.2, -0.15) is 0 Å². The lowest BCUT2D eigenvalue weighted by Crippen LogP contribution is -2.68. The lowest BCUT2D eigenvalue weighted by molar-refractivity contribution is -0.123. The molecule has 0 aromatic heterocycles. The molecule has 0 radical (unpaired) electrons. The van der Waals surface area contributed by atoms with Gasteiger partial charge >= 0.3 is 0 Å². The average Bonchev–Trinajstić information content (AvgIpc) is 2.95. The minimum Gasteiger partial charge on any atom is -0.401 e. The van der Waals surface area contributed by atoms with Crippen molar-refractivity contribution in [2.24, 2.45) is 22.6 Å². The van der Waals surface area contributed by atoms with Gasteiger partial charge in [-0.05, 0) is 19.8 Å². The van der Waals surface area contributed by atoms with E-state index in [1.54, 1.807) is 13.0 Å². The summed E-state index contributed by atoms with van der Waals surface area (Å²) in [5, 5.41) is 0. The molecule has 2 atom stereocenters. The molecule has 0 amide bonds. The van der Waals surface area contributed by atoms with Gasteiger partial charge in [-0.1, -0.05) is 18.2 Å². The first kappa shape index (κ1) is 10.7. The van der Waals surface area contributed by atoms with E-state index in [-0.39, 0.29) is 5.78 Å². The van der Waals surface area contributed by atoms with Crippen molar-refractivity contribution in [3.63, 3.8) is 0 Å². The summed E-state index contributed by atoms with van der Waals surface area (Å²) in [6.45, 7) is 1.79.